The number of anilines is 2. The molecule has 0 saturated carbocycles. The molecule has 0 aliphatic rings. The van der Waals surface area contributed by atoms with Crippen LogP contribution in [0.3, 0.4) is 0 Å². The van der Waals surface area contributed by atoms with Crippen molar-refractivity contribution in [1.82, 2.24) is 0 Å². The SMILES string of the molecule is CCC(Sc1cccc(NC(=O)Cc2ccccc2)c1)C(=O)Nc1ccc(Cl)c(C(=O)O)c1. The van der Waals surface area contributed by atoms with E-state index >= 15 is 0 Å². The fourth-order valence-corrected chi connectivity index (χ4v) is 4.32. The number of benzene rings is 3. The lowest BCUT2D eigenvalue weighted by Gasteiger charge is -2.16. The van der Waals surface area contributed by atoms with Crippen molar-refractivity contribution < 1.29 is 19.5 Å². The van der Waals surface area contributed by atoms with Crippen LogP contribution in [0.2, 0.25) is 5.02 Å². The summed E-state index contributed by atoms with van der Waals surface area (Å²) in [6.45, 7) is 1.90. The maximum Gasteiger partial charge on any atom is 0.337 e. The molecule has 3 rings (SSSR count). The van der Waals surface area contributed by atoms with Crippen molar-refractivity contribution >= 4 is 52.5 Å². The monoisotopic (exact) mass is 482 g/mol. The molecule has 0 aliphatic carbocycles. The van der Waals surface area contributed by atoms with E-state index in [0.29, 0.717) is 17.8 Å². The van der Waals surface area contributed by atoms with Crippen LogP contribution in [0.4, 0.5) is 11.4 Å². The number of halogens is 1. The first-order chi connectivity index (χ1) is 15.9. The van der Waals surface area contributed by atoms with Crippen LogP contribution in [-0.2, 0) is 16.0 Å². The third-order valence-electron chi connectivity index (χ3n) is 4.73. The van der Waals surface area contributed by atoms with Gasteiger partial charge in [-0.15, -0.1) is 11.8 Å². The standard InChI is InChI=1S/C25H23ClN2O4S/c1-2-22(24(30)28-18-11-12-21(26)20(15-18)25(31)32)33-19-10-6-9-17(14-19)27-23(29)13-16-7-4-3-5-8-16/h3-12,14-15,22H,2,13H2,1H3,(H,27,29)(H,28,30)(H,31,32). The molecule has 3 aromatic carbocycles. The smallest absolute Gasteiger partial charge is 0.337 e. The molecule has 1 unspecified atom stereocenters. The normalized spacial score (nSPS) is 11.5. The predicted octanol–water partition coefficient (Wildman–Crippen LogP) is 5.73. The topological polar surface area (TPSA) is 95.5 Å². The van der Waals surface area contributed by atoms with Crippen molar-refractivity contribution in [1.29, 1.82) is 0 Å². The highest BCUT2D eigenvalue weighted by Crippen LogP contribution is 2.29. The number of carboxylic acid groups (broad SMARTS) is 1. The molecular formula is C25H23ClN2O4S. The Bertz CT molecular complexity index is 1150. The highest BCUT2D eigenvalue weighted by Gasteiger charge is 2.19. The summed E-state index contributed by atoms with van der Waals surface area (Å²) in [6.07, 6.45) is 0.831. The van der Waals surface area contributed by atoms with Crippen LogP contribution in [0.15, 0.2) is 77.7 Å². The first-order valence-electron chi connectivity index (χ1n) is 10.3. The average Bonchev–Trinajstić information content (AvgIpc) is 2.79. The Kier molecular flexibility index (Phi) is 8.52. The molecule has 0 aromatic heterocycles. The number of thioether (sulfide) groups is 1. The molecule has 0 radical (unpaired) electrons. The molecular weight excluding hydrogens is 460 g/mol. The molecule has 6 nitrogen and oxygen atoms in total. The van der Waals surface area contributed by atoms with Crippen LogP contribution in [0.25, 0.3) is 0 Å². The Morgan fingerprint density at radius 2 is 1.67 bits per heavy atom. The van der Waals surface area contributed by atoms with E-state index in [9.17, 15) is 19.5 Å². The van der Waals surface area contributed by atoms with Gasteiger partial charge in [0.25, 0.3) is 0 Å². The number of hydrogen-bond acceptors (Lipinski definition) is 4. The van der Waals surface area contributed by atoms with Gasteiger partial charge in [0.2, 0.25) is 11.8 Å². The minimum Gasteiger partial charge on any atom is -0.478 e. The molecule has 3 aromatic rings. The highest BCUT2D eigenvalue weighted by molar-refractivity contribution is 8.00. The van der Waals surface area contributed by atoms with Gasteiger partial charge in [-0.3, -0.25) is 9.59 Å². The molecule has 2 amide bonds. The van der Waals surface area contributed by atoms with Crippen molar-refractivity contribution in [3.05, 3.63) is 88.9 Å². The zero-order valence-electron chi connectivity index (χ0n) is 17.9. The summed E-state index contributed by atoms with van der Waals surface area (Å²) in [7, 11) is 0. The van der Waals surface area contributed by atoms with Crippen LogP contribution in [0.5, 0.6) is 0 Å². The van der Waals surface area contributed by atoms with Gasteiger partial charge < -0.3 is 15.7 Å². The number of amides is 2. The number of nitrogens with one attached hydrogen (secondary N) is 2. The second kappa shape index (κ2) is 11.5. The zero-order valence-corrected chi connectivity index (χ0v) is 19.5. The van der Waals surface area contributed by atoms with Gasteiger partial charge in [-0.05, 0) is 48.4 Å². The summed E-state index contributed by atoms with van der Waals surface area (Å²) in [4.78, 5) is 37.2. The minimum absolute atomic E-state index is 0.0749. The van der Waals surface area contributed by atoms with Gasteiger partial charge in [0.1, 0.15) is 0 Å². The zero-order chi connectivity index (χ0) is 23.8. The molecule has 3 N–H and O–H groups in total. The van der Waals surface area contributed by atoms with Crippen LogP contribution < -0.4 is 10.6 Å². The molecule has 1 atom stereocenters. The van der Waals surface area contributed by atoms with E-state index in [4.69, 9.17) is 11.6 Å². The molecule has 8 heteroatoms. The van der Waals surface area contributed by atoms with Gasteiger partial charge in [-0.1, -0.05) is 54.9 Å². The highest BCUT2D eigenvalue weighted by atomic mass is 35.5. The van der Waals surface area contributed by atoms with Gasteiger partial charge >= 0.3 is 5.97 Å². The Balaban J connectivity index is 1.64. The summed E-state index contributed by atoms with van der Waals surface area (Å²) in [5.41, 5.74) is 1.87. The van der Waals surface area contributed by atoms with E-state index < -0.39 is 11.2 Å². The van der Waals surface area contributed by atoms with E-state index in [-0.39, 0.29) is 28.8 Å². The fourth-order valence-electron chi connectivity index (χ4n) is 3.11. The Morgan fingerprint density at radius 1 is 0.939 bits per heavy atom. The number of aromatic carboxylic acids is 1. The van der Waals surface area contributed by atoms with Gasteiger partial charge in [0, 0.05) is 16.3 Å². The third kappa shape index (κ3) is 7.10. The van der Waals surface area contributed by atoms with Crippen LogP contribution in [0.1, 0.15) is 29.3 Å². The average molecular weight is 483 g/mol. The number of carbonyl (C=O) groups is 3. The minimum atomic E-state index is -1.16. The Labute approximate surface area is 201 Å². The van der Waals surface area contributed by atoms with Gasteiger partial charge in [0.05, 0.1) is 22.3 Å². The molecule has 0 bridgehead atoms. The van der Waals surface area contributed by atoms with Crippen molar-refractivity contribution in [2.24, 2.45) is 0 Å². The van der Waals surface area contributed by atoms with Gasteiger partial charge in [-0.25, -0.2) is 4.79 Å². The fraction of sp³-hybridized carbons (Fsp3) is 0.160. The lowest BCUT2D eigenvalue weighted by molar-refractivity contribution is -0.116. The lowest BCUT2D eigenvalue weighted by Crippen LogP contribution is -2.24. The molecule has 0 aliphatic heterocycles. The number of rotatable bonds is 9. The van der Waals surface area contributed by atoms with Crippen molar-refractivity contribution in [3.63, 3.8) is 0 Å². The second-order valence-electron chi connectivity index (χ2n) is 7.24. The summed E-state index contributed by atoms with van der Waals surface area (Å²) >= 11 is 7.26. The van der Waals surface area contributed by atoms with Crippen LogP contribution in [0, 0.1) is 0 Å². The predicted molar refractivity (Wildman–Crippen MR) is 132 cm³/mol. The molecule has 33 heavy (non-hydrogen) atoms. The number of hydrogen-bond donors (Lipinski definition) is 3. The first-order valence-corrected chi connectivity index (χ1v) is 11.6. The molecule has 0 spiro atoms. The van der Waals surface area contributed by atoms with E-state index in [1.54, 1.807) is 12.1 Å². The largest absolute Gasteiger partial charge is 0.478 e. The van der Waals surface area contributed by atoms with E-state index in [1.165, 1.54) is 23.9 Å². The molecule has 0 heterocycles. The van der Waals surface area contributed by atoms with E-state index in [1.807, 2.05) is 55.5 Å². The summed E-state index contributed by atoms with van der Waals surface area (Å²) in [6, 6.07) is 21.1. The van der Waals surface area contributed by atoms with Crippen molar-refractivity contribution in [3.8, 4) is 0 Å². The van der Waals surface area contributed by atoms with Crippen LogP contribution >= 0.6 is 23.4 Å². The molecule has 0 saturated heterocycles. The van der Waals surface area contributed by atoms with Crippen molar-refractivity contribution in [2.75, 3.05) is 10.6 Å². The number of carboxylic acids is 1. The van der Waals surface area contributed by atoms with E-state index in [0.717, 1.165) is 10.5 Å². The summed E-state index contributed by atoms with van der Waals surface area (Å²) < 4.78 is 0. The van der Waals surface area contributed by atoms with Crippen molar-refractivity contribution in [2.45, 2.75) is 29.9 Å². The maximum absolute atomic E-state index is 12.8. The third-order valence-corrected chi connectivity index (χ3v) is 6.42. The second-order valence-corrected chi connectivity index (χ2v) is 8.93. The first kappa shape index (κ1) is 24.4. The Morgan fingerprint density at radius 3 is 2.36 bits per heavy atom. The van der Waals surface area contributed by atoms with Gasteiger partial charge in [0.15, 0.2) is 0 Å². The van der Waals surface area contributed by atoms with Gasteiger partial charge in [-0.2, -0.15) is 0 Å². The quantitative estimate of drug-likeness (QED) is 0.338. The summed E-state index contributed by atoms with van der Waals surface area (Å²) in [5.74, 6) is -1.53. The van der Waals surface area contributed by atoms with E-state index in [2.05, 4.69) is 10.6 Å². The Hall–Kier alpha value is -3.29. The maximum atomic E-state index is 12.8. The number of carbonyl (C=O) groups excluding carboxylic acids is 2. The molecule has 0 fully saturated rings. The summed E-state index contributed by atoms with van der Waals surface area (Å²) in [5, 5.41) is 14.6. The van der Waals surface area contributed by atoms with Crippen LogP contribution in [-0.4, -0.2) is 28.1 Å². The molecule has 170 valence electrons. The lowest BCUT2D eigenvalue weighted by atomic mass is 10.1.